The van der Waals surface area contributed by atoms with Gasteiger partial charge >= 0.3 is 5.97 Å². The molecule has 0 aliphatic heterocycles. The molecule has 2 aromatic rings. The molecular formula is C18H20N4O2. The molecule has 2 N–H and O–H groups in total. The molecule has 0 amide bonds. The molecular weight excluding hydrogens is 304 g/mol. The molecule has 0 spiro atoms. The van der Waals surface area contributed by atoms with Gasteiger partial charge in [-0.2, -0.15) is 0 Å². The van der Waals surface area contributed by atoms with E-state index in [9.17, 15) is 4.79 Å². The van der Waals surface area contributed by atoms with Crippen LogP contribution in [0.1, 0.15) is 25.5 Å². The molecule has 0 radical (unpaired) electrons. The Morgan fingerprint density at radius 3 is 2.71 bits per heavy atom. The van der Waals surface area contributed by atoms with Crippen molar-refractivity contribution in [3.05, 3.63) is 42.4 Å². The summed E-state index contributed by atoms with van der Waals surface area (Å²) in [5.74, 6) is -0.174. The van der Waals surface area contributed by atoms with E-state index in [0.717, 1.165) is 23.9 Å². The number of carbonyl (C=O) groups is 1. The molecule has 6 heteroatoms. The maximum absolute atomic E-state index is 11.4. The summed E-state index contributed by atoms with van der Waals surface area (Å²) in [7, 11) is 1.41. The summed E-state index contributed by atoms with van der Waals surface area (Å²) in [6.07, 6.45) is 4.99. The number of hydrogen-bond acceptors (Lipinski definition) is 6. The van der Waals surface area contributed by atoms with Crippen molar-refractivity contribution < 1.29 is 9.53 Å². The van der Waals surface area contributed by atoms with Gasteiger partial charge in [-0.25, -0.2) is 4.98 Å². The van der Waals surface area contributed by atoms with Gasteiger partial charge in [0.1, 0.15) is 0 Å². The Morgan fingerprint density at radius 2 is 2.04 bits per heavy atom. The van der Waals surface area contributed by atoms with Crippen LogP contribution in [0.15, 0.2) is 36.7 Å². The maximum Gasteiger partial charge on any atom is 0.308 e. The quantitative estimate of drug-likeness (QED) is 0.652. The smallest absolute Gasteiger partial charge is 0.308 e. The number of nitrogens with one attached hydrogen (secondary N) is 2. The van der Waals surface area contributed by atoms with Gasteiger partial charge in [0.2, 0.25) is 0 Å². The minimum Gasteiger partial charge on any atom is -0.469 e. The molecule has 124 valence electrons. The van der Waals surface area contributed by atoms with Crippen molar-refractivity contribution in [1.29, 1.82) is 5.41 Å². The summed E-state index contributed by atoms with van der Waals surface area (Å²) < 4.78 is 4.74. The van der Waals surface area contributed by atoms with Crippen LogP contribution in [0.5, 0.6) is 0 Å². The number of para-hydroxylation sites is 2. The minimum atomic E-state index is -0.152. The van der Waals surface area contributed by atoms with Crippen LogP contribution in [0.2, 0.25) is 0 Å². The lowest BCUT2D eigenvalue weighted by Gasteiger charge is -2.33. The Labute approximate surface area is 140 Å². The molecule has 24 heavy (non-hydrogen) atoms. The third kappa shape index (κ3) is 3.27. The van der Waals surface area contributed by atoms with E-state index in [1.54, 1.807) is 19.3 Å². The average molecular weight is 324 g/mol. The van der Waals surface area contributed by atoms with Crippen LogP contribution < -0.4 is 5.32 Å². The van der Waals surface area contributed by atoms with Crippen LogP contribution in [-0.4, -0.2) is 34.8 Å². The fourth-order valence-electron chi connectivity index (χ4n) is 2.78. The van der Waals surface area contributed by atoms with Crippen LogP contribution in [0.25, 0.3) is 16.6 Å². The number of fused-ring (bicyclic) bond motifs is 1. The van der Waals surface area contributed by atoms with Crippen LogP contribution >= 0.6 is 0 Å². The summed E-state index contributed by atoms with van der Waals surface area (Å²) in [6, 6.07) is 7.87. The fraction of sp³-hybridized carbons (Fsp3) is 0.333. The molecule has 1 aliphatic rings. The highest BCUT2D eigenvalue weighted by Crippen LogP contribution is 2.28. The Balaban J connectivity index is 1.74. The van der Waals surface area contributed by atoms with Gasteiger partial charge in [-0.1, -0.05) is 12.1 Å². The number of methoxy groups -OCH3 is 1. The van der Waals surface area contributed by atoms with Gasteiger partial charge in [0.15, 0.2) is 0 Å². The van der Waals surface area contributed by atoms with E-state index in [-0.39, 0.29) is 17.9 Å². The zero-order valence-electron chi connectivity index (χ0n) is 13.7. The largest absolute Gasteiger partial charge is 0.469 e. The predicted octanol–water partition coefficient (Wildman–Crippen LogP) is 2.55. The van der Waals surface area contributed by atoms with E-state index in [1.165, 1.54) is 7.11 Å². The van der Waals surface area contributed by atoms with Gasteiger partial charge in [-0.05, 0) is 31.9 Å². The molecule has 1 heterocycles. The van der Waals surface area contributed by atoms with E-state index in [2.05, 4.69) is 15.3 Å². The first-order valence-corrected chi connectivity index (χ1v) is 7.90. The first-order chi connectivity index (χ1) is 11.6. The Kier molecular flexibility index (Phi) is 4.55. The number of aromatic nitrogens is 2. The van der Waals surface area contributed by atoms with Crippen molar-refractivity contribution >= 4 is 28.3 Å². The zero-order valence-corrected chi connectivity index (χ0v) is 13.7. The highest BCUT2D eigenvalue weighted by Gasteiger charge is 2.34. The molecule has 0 saturated heterocycles. The van der Waals surface area contributed by atoms with Crippen molar-refractivity contribution in [2.75, 3.05) is 7.11 Å². The first kappa shape index (κ1) is 16.1. The van der Waals surface area contributed by atoms with Crippen molar-refractivity contribution in [1.82, 2.24) is 15.3 Å². The van der Waals surface area contributed by atoms with Gasteiger partial charge < -0.3 is 15.5 Å². The van der Waals surface area contributed by atoms with E-state index >= 15 is 0 Å². The van der Waals surface area contributed by atoms with E-state index in [1.807, 2.05) is 24.3 Å². The summed E-state index contributed by atoms with van der Waals surface area (Å²) in [5.41, 5.74) is 3.41. The second-order valence-corrected chi connectivity index (χ2v) is 5.98. The monoisotopic (exact) mass is 324 g/mol. The maximum atomic E-state index is 11.4. The van der Waals surface area contributed by atoms with Crippen LogP contribution in [0.4, 0.5) is 0 Å². The number of ether oxygens (including phenoxy) is 1. The van der Waals surface area contributed by atoms with Gasteiger partial charge in [-0.15, -0.1) is 0 Å². The Morgan fingerprint density at radius 1 is 1.33 bits per heavy atom. The number of allylic oxidation sites excluding steroid dienone is 1. The van der Waals surface area contributed by atoms with Crippen LogP contribution in [0, 0.1) is 11.3 Å². The second kappa shape index (κ2) is 6.78. The van der Waals surface area contributed by atoms with Gasteiger partial charge in [0.05, 0.1) is 36.0 Å². The minimum absolute atomic E-state index is 0.0223. The molecule has 1 saturated carbocycles. The molecule has 1 aromatic heterocycles. The van der Waals surface area contributed by atoms with Crippen molar-refractivity contribution in [3.8, 4) is 0 Å². The lowest BCUT2D eigenvalue weighted by Crippen LogP contribution is -2.42. The second-order valence-electron chi connectivity index (χ2n) is 5.98. The molecule has 0 bridgehead atoms. The highest BCUT2D eigenvalue weighted by atomic mass is 16.5. The number of esters is 1. The summed E-state index contributed by atoms with van der Waals surface area (Å²) >= 11 is 0. The zero-order chi connectivity index (χ0) is 17.1. The lowest BCUT2D eigenvalue weighted by molar-refractivity contribution is -0.149. The number of hydrogen-bond donors (Lipinski definition) is 2. The topological polar surface area (TPSA) is 88.0 Å². The third-order valence-electron chi connectivity index (χ3n) is 4.26. The molecule has 1 aromatic carbocycles. The standard InChI is InChI=1S/C18H20N4O2/c1-11(19)14(9-20-13-7-12(8-13)18(23)24-2)17-10-21-15-5-3-4-6-16(15)22-17/h3-6,9-10,12-13,19-20H,7-8H2,1-2H3/b14-9+,19-11?. The normalized spacial score (nSPS) is 20.3. The summed E-state index contributed by atoms with van der Waals surface area (Å²) in [4.78, 5) is 20.4. The summed E-state index contributed by atoms with van der Waals surface area (Å²) in [5, 5.41) is 11.3. The van der Waals surface area contributed by atoms with Crippen molar-refractivity contribution in [2.24, 2.45) is 5.92 Å². The van der Waals surface area contributed by atoms with Gasteiger partial charge in [0.25, 0.3) is 0 Å². The number of rotatable bonds is 5. The molecule has 0 atom stereocenters. The van der Waals surface area contributed by atoms with Crippen molar-refractivity contribution in [2.45, 2.75) is 25.8 Å². The highest BCUT2D eigenvalue weighted by molar-refractivity contribution is 6.20. The number of nitrogens with zero attached hydrogens (tertiary/aromatic N) is 2. The number of benzene rings is 1. The Bertz CT molecular complexity index is 810. The Hall–Kier alpha value is -2.76. The van der Waals surface area contributed by atoms with E-state index in [4.69, 9.17) is 10.1 Å². The lowest BCUT2D eigenvalue weighted by atomic mass is 9.80. The van der Waals surface area contributed by atoms with Crippen molar-refractivity contribution in [3.63, 3.8) is 0 Å². The molecule has 0 unspecified atom stereocenters. The molecule has 3 rings (SSSR count). The third-order valence-corrected chi connectivity index (χ3v) is 4.26. The first-order valence-electron chi connectivity index (χ1n) is 7.90. The molecule has 1 fully saturated rings. The van der Waals surface area contributed by atoms with Gasteiger partial charge in [-0.3, -0.25) is 9.78 Å². The van der Waals surface area contributed by atoms with E-state index < -0.39 is 0 Å². The fourth-order valence-corrected chi connectivity index (χ4v) is 2.78. The van der Waals surface area contributed by atoms with Crippen LogP contribution in [0.3, 0.4) is 0 Å². The molecule has 1 aliphatic carbocycles. The van der Waals surface area contributed by atoms with E-state index in [0.29, 0.717) is 17.0 Å². The number of carbonyl (C=O) groups excluding carboxylic acids is 1. The van der Waals surface area contributed by atoms with Gasteiger partial charge in [0, 0.05) is 23.5 Å². The summed E-state index contributed by atoms with van der Waals surface area (Å²) in [6.45, 7) is 1.72. The van der Waals surface area contributed by atoms with Crippen LogP contribution in [-0.2, 0) is 9.53 Å². The predicted molar refractivity (Wildman–Crippen MR) is 92.6 cm³/mol. The SMILES string of the molecule is COC(=O)C1CC(N/C=C(\C(C)=N)c2cnc3ccccc3n2)C1. The average Bonchev–Trinajstić information content (AvgIpc) is 2.55. The molecule has 6 nitrogen and oxygen atoms in total.